The summed E-state index contributed by atoms with van der Waals surface area (Å²) in [5, 5.41) is 3.88. The molecule has 3 atom stereocenters. The van der Waals surface area contributed by atoms with Crippen LogP contribution in [0.2, 0.25) is 0 Å². The maximum absolute atomic E-state index is 3.35. The maximum atomic E-state index is 3.35. The van der Waals surface area contributed by atoms with Crippen LogP contribution in [0.3, 0.4) is 0 Å². The SMILES string of the molecule is CNC(C)CN1c2ccccc2SC2C=CC=CC21. The van der Waals surface area contributed by atoms with E-state index in [1.54, 1.807) is 0 Å². The van der Waals surface area contributed by atoms with Crippen molar-refractivity contribution in [1.82, 2.24) is 5.32 Å². The second-order valence-corrected chi connectivity index (χ2v) is 6.37. The topological polar surface area (TPSA) is 15.3 Å². The van der Waals surface area contributed by atoms with E-state index < -0.39 is 0 Å². The zero-order valence-electron chi connectivity index (χ0n) is 11.4. The minimum atomic E-state index is 0.473. The van der Waals surface area contributed by atoms with E-state index in [2.05, 4.69) is 65.7 Å². The second kappa shape index (κ2) is 5.43. The fourth-order valence-corrected chi connectivity index (χ4v) is 3.98. The molecular weight excluding hydrogens is 252 g/mol. The molecule has 3 heteroatoms. The number of hydrogen-bond donors (Lipinski definition) is 1. The van der Waals surface area contributed by atoms with E-state index >= 15 is 0 Å². The Morgan fingerprint density at radius 3 is 2.89 bits per heavy atom. The van der Waals surface area contributed by atoms with Gasteiger partial charge in [-0.15, -0.1) is 11.8 Å². The first-order valence-electron chi connectivity index (χ1n) is 6.84. The number of nitrogens with one attached hydrogen (secondary N) is 1. The number of allylic oxidation sites excluding steroid dienone is 2. The lowest BCUT2D eigenvalue weighted by Crippen LogP contribution is -2.49. The van der Waals surface area contributed by atoms with Crippen molar-refractivity contribution in [1.29, 1.82) is 0 Å². The van der Waals surface area contributed by atoms with Crippen molar-refractivity contribution in [2.24, 2.45) is 0 Å². The van der Waals surface area contributed by atoms with Crippen LogP contribution >= 0.6 is 11.8 Å². The van der Waals surface area contributed by atoms with Crippen LogP contribution in [0, 0.1) is 0 Å². The number of hydrogen-bond acceptors (Lipinski definition) is 3. The van der Waals surface area contributed by atoms with Crippen molar-refractivity contribution in [3.63, 3.8) is 0 Å². The maximum Gasteiger partial charge on any atom is 0.0634 e. The van der Waals surface area contributed by atoms with Crippen molar-refractivity contribution < 1.29 is 0 Å². The van der Waals surface area contributed by atoms with Crippen LogP contribution in [0.1, 0.15) is 6.92 Å². The highest BCUT2D eigenvalue weighted by Gasteiger charge is 2.33. The Morgan fingerprint density at radius 2 is 2.05 bits per heavy atom. The van der Waals surface area contributed by atoms with E-state index in [4.69, 9.17) is 0 Å². The summed E-state index contributed by atoms with van der Waals surface area (Å²) in [5.74, 6) is 0. The monoisotopic (exact) mass is 272 g/mol. The summed E-state index contributed by atoms with van der Waals surface area (Å²) in [6.07, 6.45) is 8.99. The van der Waals surface area contributed by atoms with Crippen LogP contribution < -0.4 is 10.2 Å². The molecule has 1 aromatic carbocycles. The molecule has 0 amide bonds. The third-order valence-electron chi connectivity index (χ3n) is 3.82. The third kappa shape index (κ3) is 2.45. The van der Waals surface area contributed by atoms with Gasteiger partial charge in [0, 0.05) is 17.5 Å². The van der Waals surface area contributed by atoms with E-state index in [1.807, 2.05) is 18.8 Å². The van der Waals surface area contributed by atoms with Gasteiger partial charge in [0.15, 0.2) is 0 Å². The Hall–Kier alpha value is -1.19. The molecule has 1 N–H and O–H groups in total. The Bertz CT molecular complexity index is 509. The molecule has 0 saturated carbocycles. The molecule has 3 rings (SSSR count). The molecule has 0 bridgehead atoms. The molecule has 1 heterocycles. The van der Waals surface area contributed by atoms with E-state index in [0.29, 0.717) is 17.3 Å². The van der Waals surface area contributed by atoms with Gasteiger partial charge in [-0.05, 0) is 26.1 Å². The van der Waals surface area contributed by atoms with Crippen LogP contribution in [0.5, 0.6) is 0 Å². The molecule has 0 spiro atoms. The van der Waals surface area contributed by atoms with Gasteiger partial charge in [0.25, 0.3) is 0 Å². The average molecular weight is 272 g/mol. The van der Waals surface area contributed by atoms with Gasteiger partial charge in [-0.3, -0.25) is 0 Å². The Morgan fingerprint density at radius 1 is 1.26 bits per heavy atom. The summed E-state index contributed by atoms with van der Waals surface area (Å²) in [5.41, 5.74) is 1.37. The van der Waals surface area contributed by atoms with Gasteiger partial charge in [-0.1, -0.05) is 36.4 Å². The lowest BCUT2D eigenvalue weighted by molar-refractivity contribution is 0.557. The Balaban J connectivity index is 1.97. The largest absolute Gasteiger partial charge is 0.361 e. The molecule has 1 aromatic rings. The number of likely N-dealkylation sites (N-methyl/N-ethyl adjacent to an activating group) is 1. The zero-order valence-corrected chi connectivity index (χ0v) is 12.2. The summed E-state index contributed by atoms with van der Waals surface area (Å²) < 4.78 is 0. The number of nitrogens with zero attached hydrogens (tertiary/aromatic N) is 1. The number of benzene rings is 1. The van der Waals surface area contributed by atoms with Crippen LogP contribution in [0.25, 0.3) is 0 Å². The van der Waals surface area contributed by atoms with Gasteiger partial charge < -0.3 is 10.2 Å². The molecule has 2 aliphatic rings. The number of fused-ring (bicyclic) bond motifs is 2. The van der Waals surface area contributed by atoms with Gasteiger partial charge in [-0.25, -0.2) is 0 Å². The molecule has 100 valence electrons. The Labute approximate surface area is 119 Å². The lowest BCUT2D eigenvalue weighted by atomic mass is 10.0. The smallest absolute Gasteiger partial charge is 0.0634 e. The summed E-state index contributed by atoms with van der Waals surface area (Å²) in [4.78, 5) is 3.93. The van der Waals surface area contributed by atoms with Crippen LogP contribution in [0.4, 0.5) is 5.69 Å². The van der Waals surface area contributed by atoms with Crippen molar-refractivity contribution in [2.45, 2.75) is 29.2 Å². The molecule has 1 aliphatic heterocycles. The first kappa shape index (κ1) is 12.8. The van der Waals surface area contributed by atoms with Gasteiger partial charge in [0.05, 0.1) is 17.0 Å². The van der Waals surface area contributed by atoms with Gasteiger partial charge in [0.2, 0.25) is 0 Å². The quantitative estimate of drug-likeness (QED) is 0.910. The van der Waals surface area contributed by atoms with E-state index in [1.165, 1.54) is 10.6 Å². The number of para-hydroxylation sites is 1. The molecule has 2 nitrogen and oxygen atoms in total. The fraction of sp³-hybridized carbons (Fsp3) is 0.375. The Kier molecular flexibility index (Phi) is 3.67. The summed E-state index contributed by atoms with van der Waals surface area (Å²) >= 11 is 1.98. The van der Waals surface area contributed by atoms with Crippen LogP contribution in [-0.4, -0.2) is 30.9 Å². The predicted molar refractivity (Wildman–Crippen MR) is 84.0 cm³/mol. The first-order chi connectivity index (χ1) is 9.29. The van der Waals surface area contributed by atoms with E-state index in [-0.39, 0.29) is 0 Å². The van der Waals surface area contributed by atoms with Crippen molar-refractivity contribution >= 4 is 17.4 Å². The molecule has 3 unspecified atom stereocenters. The molecule has 1 aliphatic carbocycles. The first-order valence-corrected chi connectivity index (χ1v) is 7.72. The van der Waals surface area contributed by atoms with Crippen LogP contribution in [0.15, 0.2) is 53.5 Å². The molecule has 0 fully saturated rings. The number of thioether (sulfide) groups is 1. The van der Waals surface area contributed by atoms with Crippen molar-refractivity contribution in [3.8, 4) is 0 Å². The zero-order chi connectivity index (χ0) is 13.2. The summed E-state index contributed by atoms with van der Waals surface area (Å²) in [6.45, 7) is 3.27. The van der Waals surface area contributed by atoms with Gasteiger partial charge >= 0.3 is 0 Å². The molecular formula is C16H20N2S. The fourth-order valence-electron chi connectivity index (χ4n) is 2.67. The highest BCUT2D eigenvalue weighted by Crippen LogP contribution is 2.43. The average Bonchev–Trinajstić information content (AvgIpc) is 2.46. The lowest BCUT2D eigenvalue weighted by Gasteiger charge is -2.43. The minimum Gasteiger partial charge on any atom is -0.361 e. The van der Waals surface area contributed by atoms with Gasteiger partial charge in [-0.2, -0.15) is 0 Å². The molecule has 0 aromatic heterocycles. The standard InChI is InChI=1S/C16H20N2S/c1-12(17-2)11-18-13-7-3-5-9-15(13)19-16-10-6-4-8-14(16)18/h3-10,12-13,15,17H,11H2,1-2H3. The van der Waals surface area contributed by atoms with Crippen molar-refractivity contribution in [2.75, 3.05) is 18.5 Å². The predicted octanol–water partition coefficient (Wildman–Crippen LogP) is 3.07. The van der Waals surface area contributed by atoms with Gasteiger partial charge in [0.1, 0.15) is 0 Å². The van der Waals surface area contributed by atoms with Crippen LogP contribution in [-0.2, 0) is 0 Å². The second-order valence-electron chi connectivity index (χ2n) is 5.15. The highest BCUT2D eigenvalue weighted by atomic mass is 32.2. The molecule has 0 radical (unpaired) electrons. The van der Waals surface area contributed by atoms with E-state index in [9.17, 15) is 0 Å². The molecule has 0 saturated heterocycles. The normalized spacial score (nSPS) is 25.9. The van der Waals surface area contributed by atoms with E-state index in [0.717, 1.165) is 6.54 Å². The molecule has 19 heavy (non-hydrogen) atoms. The summed E-state index contributed by atoms with van der Waals surface area (Å²) in [7, 11) is 2.03. The van der Waals surface area contributed by atoms with Crippen molar-refractivity contribution in [3.05, 3.63) is 48.6 Å². The summed E-state index contributed by atoms with van der Waals surface area (Å²) in [6, 6.07) is 9.71. The third-order valence-corrected chi connectivity index (χ3v) is 5.13. The minimum absolute atomic E-state index is 0.473. The highest BCUT2D eigenvalue weighted by molar-refractivity contribution is 8.00. The number of rotatable bonds is 3. The number of anilines is 1.